The molecule has 324 valence electrons. The molecule has 13 heteroatoms. The Balaban J connectivity index is 1.12. The van der Waals surface area contributed by atoms with E-state index >= 15 is 0 Å². The van der Waals surface area contributed by atoms with Gasteiger partial charge in [0.05, 0.1) is 33.0 Å². The molecule has 1 aliphatic carbocycles. The SMILES string of the molecule is CC(C)(C)OC(=O)[C@H](CO[C@@H]1O[C@H](COCc2ccccc2)[C@H](OCc2ccccc2)[C@H](OCc2ccccc2)[C@H]1[N+](=O)[O-])NC(=O)OCC1c2ccccc2-c2ccccc21. The number of carbonyl (C=O) groups excluding carboxylic acids is 2. The lowest BCUT2D eigenvalue weighted by Gasteiger charge is -2.42. The summed E-state index contributed by atoms with van der Waals surface area (Å²) in [6.45, 7) is 4.81. The van der Waals surface area contributed by atoms with Crippen molar-refractivity contribution in [2.24, 2.45) is 0 Å². The molecule has 62 heavy (non-hydrogen) atoms. The van der Waals surface area contributed by atoms with E-state index in [2.05, 4.69) is 5.32 Å². The van der Waals surface area contributed by atoms with Crippen molar-refractivity contribution in [3.8, 4) is 11.1 Å². The smallest absolute Gasteiger partial charge is 0.407 e. The number of amides is 1. The average Bonchev–Trinajstić information content (AvgIpc) is 3.59. The number of carbonyl (C=O) groups is 2. The molecule has 2 aliphatic rings. The number of esters is 1. The van der Waals surface area contributed by atoms with E-state index in [-0.39, 0.29) is 39.0 Å². The van der Waals surface area contributed by atoms with Gasteiger partial charge in [0.2, 0.25) is 6.29 Å². The number of hydrogen-bond acceptors (Lipinski definition) is 11. The van der Waals surface area contributed by atoms with E-state index in [1.165, 1.54) is 0 Å². The molecule has 6 atom stereocenters. The molecule has 5 aromatic rings. The zero-order chi connectivity index (χ0) is 43.5. The number of benzene rings is 5. The second kappa shape index (κ2) is 20.7. The maximum absolute atomic E-state index is 13.7. The Morgan fingerprint density at radius 3 is 1.71 bits per heavy atom. The van der Waals surface area contributed by atoms with Gasteiger partial charge in [0, 0.05) is 10.8 Å². The molecule has 0 bridgehead atoms. The minimum atomic E-state index is -1.64. The zero-order valence-electron chi connectivity index (χ0n) is 35.0. The summed E-state index contributed by atoms with van der Waals surface area (Å²) in [5.41, 5.74) is 5.77. The van der Waals surface area contributed by atoms with E-state index < -0.39 is 65.9 Å². The first-order valence-corrected chi connectivity index (χ1v) is 20.7. The van der Waals surface area contributed by atoms with Crippen molar-refractivity contribution in [1.29, 1.82) is 0 Å². The standard InChI is InChI=1S/C49H52N2O11/c1-49(2,3)62-46(52)41(50-48(53)60-30-40-38-25-15-13-23-36(38)37-24-14-16-26-39(37)40)31-59-47-43(51(54)55)45(58-29-35-21-11-6-12-22-35)44(57-28-34-19-9-5-10-20-34)42(61-47)32-56-27-33-17-7-4-8-18-33/h4-26,40-45,47H,27-32H2,1-3H3,(H,50,53)/t41-,42+,43+,44-,45+,47+/m0/s1. The van der Waals surface area contributed by atoms with E-state index in [0.29, 0.717) is 0 Å². The van der Waals surface area contributed by atoms with Gasteiger partial charge < -0.3 is 38.5 Å². The largest absolute Gasteiger partial charge is 0.458 e. The van der Waals surface area contributed by atoms with E-state index in [0.717, 1.165) is 38.9 Å². The molecule has 0 radical (unpaired) electrons. The lowest BCUT2D eigenvalue weighted by atomic mass is 9.96. The van der Waals surface area contributed by atoms with Gasteiger partial charge in [-0.15, -0.1) is 0 Å². The van der Waals surface area contributed by atoms with Crippen LogP contribution in [0.15, 0.2) is 140 Å². The number of hydrogen-bond donors (Lipinski definition) is 1. The topological polar surface area (TPSA) is 154 Å². The Morgan fingerprint density at radius 1 is 0.677 bits per heavy atom. The Hall–Kier alpha value is -5.96. The Morgan fingerprint density at radius 2 is 1.18 bits per heavy atom. The summed E-state index contributed by atoms with van der Waals surface area (Å²) in [6, 6.07) is 41.0. The maximum atomic E-state index is 13.7. The van der Waals surface area contributed by atoms with Crippen molar-refractivity contribution in [3.63, 3.8) is 0 Å². The van der Waals surface area contributed by atoms with Crippen LogP contribution in [-0.4, -0.2) is 79.1 Å². The van der Waals surface area contributed by atoms with Crippen LogP contribution in [0.1, 0.15) is 54.5 Å². The summed E-state index contributed by atoms with van der Waals surface area (Å²) in [4.78, 5) is 39.8. The van der Waals surface area contributed by atoms with Gasteiger partial charge in [-0.1, -0.05) is 140 Å². The number of fused-ring (bicyclic) bond motifs is 3. The number of nitro groups is 1. The first-order chi connectivity index (χ1) is 30.0. The Bertz CT molecular complexity index is 2190. The summed E-state index contributed by atoms with van der Waals surface area (Å²) in [6.07, 6.45) is -5.62. The highest BCUT2D eigenvalue weighted by molar-refractivity contribution is 5.82. The molecule has 0 saturated carbocycles. The molecule has 1 amide bonds. The fourth-order valence-electron chi connectivity index (χ4n) is 7.69. The molecule has 0 spiro atoms. The first kappa shape index (κ1) is 44.1. The van der Waals surface area contributed by atoms with E-state index in [9.17, 15) is 19.7 Å². The van der Waals surface area contributed by atoms with Crippen molar-refractivity contribution in [3.05, 3.63) is 177 Å². The third-order valence-electron chi connectivity index (χ3n) is 10.6. The molecule has 0 unspecified atom stereocenters. The fraction of sp³-hybridized carbons (Fsp3) is 0.347. The van der Waals surface area contributed by atoms with Crippen molar-refractivity contribution in [1.82, 2.24) is 5.32 Å². The molecule has 13 nitrogen and oxygen atoms in total. The minimum Gasteiger partial charge on any atom is -0.458 e. The molecule has 5 aromatic carbocycles. The van der Waals surface area contributed by atoms with Gasteiger partial charge in [0.25, 0.3) is 6.04 Å². The molecule has 1 fully saturated rings. The maximum Gasteiger partial charge on any atom is 0.407 e. The molecule has 1 saturated heterocycles. The van der Waals surface area contributed by atoms with Gasteiger partial charge >= 0.3 is 12.1 Å². The van der Waals surface area contributed by atoms with Crippen LogP contribution in [0.3, 0.4) is 0 Å². The molecule has 1 N–H and O–H groups in total. The minimum absolute atomic E-state index is 0.00759. The van der Waals surface area contributed by atoms with Crippen molar-refractivity contribution >= 4 is 12.1 Å². The molecule has 0 aromatic heterocycles. The average molecular weight is 845 g/mol. The van der Waals surface area contributed by atoms with Crippen LogP contribution >= 0.6 is 0 Å². The number of rotatable bonds is 18. The van der Waals surface area contributed by atoms with Crippen LogP contribution in [0.4, 0.5) is 4.79 Å². The van der Waals surface area contributed by atoms with Crippen LogP contribution in [0, 0.1) is 10.1 Å². The number of alkyl carbamates (subject to hydrolysis) is 1. The monoisotopic (exact) mass is 844 g/mol. The van der Waals surface area contributed by atoms with Gasteiger partial charge in [0.1, 0.15) is 24.4 Å². The normalized spacial score (nSPS) is 20.1. The van der Waals surface area contributed by atoms with Gasteiger partial charge in [-0.25, -0.2) is 9.59 Å². The van der Waals surface area contributed by atoms with Crippen LogP contribution < -0.4 is 5.32 Å². The molecular formula is C49H52N2O11. The summed E-state index contributed by atoms with van der Waals surface area (Å²) in [5, 5.41) is 15.7. The molecular weight excluding hydrogens is 793 g/mol. The van der Waals surface area contributed by atoms with Crippen LogP contribution in [0.25, 0.3) is 11.1 Å². The second-order valence-corrected chi connectivity index (χ2v) is 16.2. The Kier molecular flexibility index (Phi) is 14.8. The number of nitrogens with zero attached hydrogens (tertiary/aromatic N) is 1. The van der Waals surface area contributed by atoms with E-state index in [1.807, 2.05) is 140 Å². The van der Waals surface area contributed by atoms with Gasteiger partial charge in [-0.3, -0.25) is 10.1 Å². The molecule has 1 aliphatic heterocycles. The second-order valence-electron chi connectivity index (χ2n) is 16.2. The van der Waals surface area contributed by atoms with Gasteiger partial charge in [-0.2, -0.15) is 0 Å². The highest BCUT2D eigenvalue weighted by atomic mass is 16.7. The summed E-state index contributed by atoms with van der Waals surface area (Å²) in [5.74, 6) is -1.06. The Labute approximate surface area is 361 Å². The summed E-state index contributed by atoms with van der Waals surface area (Å²) >= 11 is 0. The predicted molar refractivity (Wildman–Crippen MR) is 229 cm³/mol. The number of nitrogens with one attached hydrogen (secondary N) is 1. The van der Waals surface area contributed by atoms with Gasteiger partial charge in [0.15, 0.2) is 12.1 Å². The summed E-state index contributed by atoms with van der Waals surface area (Å²) in [7, 11) is 0. The highest BCUT2D eigenvalue weighted by Crippen LogP contribution is 2.44. The van der Waals surface area contributed by atoms with Crippen LogP contribution in [0.5, 0.6) is 0 Å². The predicted octanol–water partition coefficient (Wildman–Crippen LogP) is 8.01. The van der Waals surface area contributed by atoms with Crippen LogP contribution in [0.2, 0.25) is 0 Å². The van der Waals surface area contributed by atoms with Crippen molar-refractivity contribution < 1.29 is 47.7 Å². The van der Waals surface area contributed by atoms with Crippen molar-refractivity contribution in [2.45, 2.75) is 88.8 Å². The third kappa shape index (κ3) is 11.5. The first-order valence-electron chi connectivity index (χ1n) is 20.7. The zero-order valence-corrected chi connectivity index (χ0v) is 35.0. The van der Waals surface area contributed by atoms with E-state index in [4.69, 9.17) is 33.2 Å². The molecule has 7 rings (SSSR count). The highest BCUT2D eigenvalue weighted by Gasteiger charge is 2.55. The van der Waals surface area contributed by atoms with Gasteiger partial charge in [-0.05, 0) is 59.7 Å². The van der Waals surface area contributed by atoms with Crippen LogP contribution in [-0.2, 0) is 57.8 Å². The summed E-state index contributed by atoms with van der Waals surface area (Å²) < 4.78 is 43.1. The quantitative estimate of drug-likeness (QED) is 0.0519. The molecule has 1 heterocycles. The fourth-order valence-corrected chi connectivity index (χ4v) is 7.69. The number of ether oxygens (including phenoxy) is 7. The van der Waals surface area contributed by atoms with Crippen molar-refractivity contribution in [2.75, 3.05) is 19.8 Å². The third-order valence-corrected chi connectivity index (χ3v) is 10.6. The lowest BCUT2D eigenvalue weighted by molar-refractivity contribution is -0.577. The lowest BCUT2D eigenvalue weighted by Crippen LogP contribution is -2.64. The van der Waals surface area contributed by atoms with E-state index in [1.54, 1.807) is 20.8 Å².